The van der Waals surface area contributed by atoms with E-state index < -0.39 is 0 Å². The van der Waals surface area contributed by atoms with Gasteiger partial charge in [-0.15, -0.1) is 5.10 Å². The summed E-state index contributed by atoms with van der Waals surface area (Å²) in [6.07, 6.45) is 6.39. The molecule has 27 heavy (non-hydrogen) atoms. The van der Waals surface area contributed by atoms with E-state index in [1.165, 1.54) is 6.08 Å². The van der Waals surface area contributed by atoms with Crippen LogP contribution in [0.3, 0.4) is 0 Å². The van der Waals surface area contributed by atoms with Gasteiger partial charge in [0.05, 0.1) is 23.8 Å². The van der Waals surface area contributed by atoms with E-state index in [0.717, 1.165) is 16.9 Å². The summed E-state index contributed by atoms with van der Waals surface area (Å²) in [5, 5.41) is 8.83. The van der Waals surface area contributed by atoms with Gasteiger partial charge in [0.25, 0.3) is 0 Å². The average Bonchev–Trinajstić information content (AvgIpc) is 3.39. The third-order valence-corrected chi connectivity index (χ3v) is 4.28. The Hall–Kier alpha value is -3.44. The molecule has 0 amide bonds. The topological polar surface area (TPSA) is 60.9 Å². The lowest BCUT2D eigenvalue weighted by Gasteiger charge is -2.07. The van der Waals surface area contributed by atoms with E-state index in [1.54, 1.807) is 47.5 Å². The molecule has 4 aromatic rings. The first-order valence-electron chi connectivity index (χ1n) is 8.24. The van der Waals surface area contributed by atoms with Crippen molar-refractivity contribution in [3.63, 3.8) is 0 Å². The van der Waals surface area contributed by atoms with E-state index in [2.05, 4.69) is 10.3 Å². The van der Waals surface area contributed by atoms with E-state index in [-0.39, 0.29) is 5.78 Å². The van der Waals surface area contributed by atoms with Gasteiger partial charge in [-0.3, -0.25) is 4.79 Å². The van der Waals surface area contributed by atoms with Crippen molar-refractivity contribution in [1.29, 1.82) is 0 Å². The lowest BCUT2D eigenvalue weighted by molar-refractivity contribution is 0.104. The first-order chi connectivity index (χ1) is 13.2. The van der Waals surface area contributed by atoms with Gasteiger partial charge in [-0.25, -0.2) is 4.68 Å². The molecule has 0 N–H and O–H groups in total. The number of aromatic nitrogens is 3. The van der Waals surface area contributed by atoms with Crippen LogP contribution in [0.1, 0.15) is 16.1 Å². The molecule has 0 bridgehead atoms. The van der Waals surface area contributed by atoms with Crippen molar-refractivity contribution in [3.05, 3.63) is 95.5 Å². The number of hydrogen-bond acceptors (Lipinski definition) is 4. The van der Waals surface area contributed by atoms with Gasteiger partial charge in [-0.2, -0.15) is 0 Å². The molecule has 132 valence electrons. The minimum Gasteiger partial charge on any atom is -0.465 e. The Morgan fingerprint density at radius 1 is 1.04 bits per heavy atom. The first kappa shape index (κ1) is 17.0. The highest BCUT2D eigenvalue weighted by molar-refractivity contribution is 6.30. The minimum absolute atomic E-state index is 0.102. The van der Waals surface area contributed by atoms with Crippen LogP contribution in [0.25, 0.3) is 23.0 Å². The summed E-state index contributed by atoms with van der Waals surface area (Å²) in [4.78, 5) is 12.3. The van der Waals surface area contributed by atoms with Crippen molar-refractivity contribution in [1.82, 2.24) is 15.0 Å². The molecule has 0 fully saturated rings. The molecule has 0 unspecified atom stereocenters. The number of halogens is 1. The Bertz CT molecular complexity index is 1080. The summed E-state index contributed by atoms with van der Waals surface area (Å²) in [5.41, 5.74) is 3.17. The Labute approximate surface area is 160 Å². The Balaban J connectivity index is 1.57. The maximum absolute atomic E-state index is 12.3. The van der Waals surface area contributed by atoms with E-state index in [1.807, 2.05) is 36.4 Å². The molecule has 5 nitrogen and oxygen atoms in total. The van der Waals surface area contributed by atoms with Crippen molar-refractivity contribution >= 4 is 23.5 Å². The van der Waals surface area contributed by atoms with E-state index in [9.17, 15) is 4.79 Å². The normalized spacial score (nSPS) is 11.1. The van der Waals surface area contributed by atoms with Gasteiger partial charge in [-0.1, -0.05) is 28.9 Å². The predicted octanol–water partition coefficient (Wildman–Crippen LogP) is 5.08. The average molecular weight is 376 g/mol. The fraction of sp³-hybridized carbons (Fsp3) is 0. The van der Waals surface area contributed by atoms with Gasteiger partial charge in [-0.05, 0) is 60.7 Å². The summed E-state index contributed by atoms with van der Waals surface area (Å²) >= 11 is 5.95. The quantitative estimate of drug-likeness (QED) is 0.360. The molecule has 0 saturated heterocycles. The number of ketones is 1. The lowest BCUT2D eigenvalue weighted by atomic mass is 10.1. The summed E-state index contributed by atoms with van der Waals surface area (Å²) in [6.45, 7) is 0. The largest absolute Gasteiger partial charge is 0.465 e. The van der Waals surface area contributed by atoms with Crippen molar-refractivity contribution in [2.24, 2.45) is 0 Å². The van der Waals surface area contributed by atoms with Crippen LogP contribution in [0, 0.1) is 0 Å². The lowest BCUT2D eigenvalue weighted by Crippen LogP contribution is -2.01. The fourth-order valence-electron chi connectivity index (χ4n) is 2.65. The van der Waals surface area contributed by atoms with E-state index >= 15 is 0 Å². The Kier molecular flexibility index (Phi) is 4.68. The van der Waals surface area contributed by atoms with Gasteiger partial charge in [0, 0.05) is 16.1 Å². The number of carbonyl (C=O) groups excluding carboxylic acids is 1. The van der Waals surface area contributed by atoms with Gasteiger partial charge < -0.3 is 4.42 Å². The summed E-state index contributed by atoms with van der Waals surface area (Å²) in [5.74, 6) is 0.532. The SMILES string of the molecule is O=C(/C=C/c1ccco1)c1ccc(-n2nncc2-c2ccc(Cl)cc2)cc1. The van der Waals surface area contributed by atoms with Crippen molar-refractivity contribution in [3.8, 4) is 16.9 Å². The van der Waals surface area contributed by atoms with Crippen LogP contribution in [0.5, 0.6) is 0 Å². The zero-order valence-electron chi connectivity index (χ0n) is 14.1. The number of nitrogens with zero attached hydrogens (tertiary/aromatic N) is 3. The Morgan fingerprint density at radius 3 is 2.52 bits per heavy atom. The number of rotatable bonds is 5. The monoisotopic (exact) mass is 375 g/mol. The second-order valence-electron chi connectivity index (χ2n) is 5.80. The summed E-state index contributed by atoms with van der Waals surface area (Å²) in [6, 6.07) is 18.2. The highest BCUT2D eigenvalue weighted by Crippen LogP contribution is 2.23. The zero-order valence-corrected chi connectivity index (χ0v) is 14.9. The smallest absolute Gasteiger partial charge is 0.185 e. The van der Waals surface area contributed by atoms with Crippen LogP contribution >= 0.6 is 11.6 Å². The Morgan fingerprint density at radius 2 is 1.81 bits per heavy atom. The van der Waals surface area contributed by atoms with E-state index in [0.29, 0.717) is 16.3 Å². The second-order valence-corrected chi connectivity index (χ2v) is 6.23. The van der Waals surface area contributed by atoms with E-state index in [4.69, 9.17) is 16.0 Å². The van der Waals surface area contributed by atoms with Crippen molar-refractivity contribution in [2.75, 3.05) is 0 Å². The number of furan rings is 1. The molecule has 6 heteroatoms. The minimum atomic E-state index is -0.102. The van der Waals surface area contributed by atoms with Gasteiger partial charge in [0.2, 0.25) is 0 Å². The molecule has 4 rings (SSSR count). The molecular formula is C21H14ClN3O2. The summed E-state index contributed by atoms with van der Waals surface area (Å²) in [7, 11) is 0. The van der Waals surface area contributed by atoms with Gasteiger partial charge in [0.15, 0.2) is 5.78 Å². The molecule has 2 aromatic carbocycles. The molecule has 2 aromatic heterocycles. The highest BCUT2D eigenvalue weighted by Gasteiger charge is 2.10. The molecule has 0 aliphatic heterocycles. The number of carbonyl (C=O) groups is 1. The predicted molar refractivity (Wildman–Crippen MR) is 104 cm³/mol. The molecule has 0 radical (unpaired) electrons. The number of benzene rings is 2. The fourth-order valence-corrected chi connectivity index (χ4v) is 2.78. The number of allylic oxidation sites excluding steroid dienone is 1. The third-order valence-electron chi connectivity index (χ3n) is 4.03. The second kappa shape index (κ2) is 7.43. The van der Waals surface area contributed by atoms with Crippen LogP contribution in [0.2, 0.25) is 5.02 Å². The van der Waals surface area contributed by atoms with Gasteiger partial charge in [0.1, 0.15) is 5.76 Å². The molecule has 0 saturated carbocycles. The van der Waals surface area contributed by atoms with Crippen LogP contribution < -0.4 is 0 Å². The van der Waals surface area contributed by atoms with Crippen LogP contribution in [0.15, 0.2) is 83.6 Å². The molecule has 0 atom stereocenters. The molecular weight excluding hydrogens is 362 g/mol. The third kappa shape index (κ3) is 3.73. The first-order valence-corrected chi connectivity index (χ1v) is 8.61. The summed E-state index contributed by atoms with van der Waals surface area (Å²) < 4.78 is 6.90. The molecule has 2 heterocycles. The maximum atomic E-state index is 12.3. The molecule has 0 aliphatic rings. The zero-order chi connectivity index (χ0) is 18.6. The van der Waals surface area contributed by atoms with Crippen molar-refractivity contribution in [2.45, 2.75) is 0 Å². The van der Waals surface area contributed by atoms with Crippen molar-refractivity contribution < 1.29 is 9.21 Å². The van der Waals surface area contributed by atoms with Crippen LogP contribution in [-0.4, -0.2) is 20.8 Å². The van der Waals surface area contributed by atoms with Gasteiger partial charge >= 0.3 is 0 Å². The highest BCUT2D eigenvalue weighted by atomic mass is 35.5. The molecule has 0 spiro atoms. The number of hydrogen-bond donors (Lipinski definition) is 0. The maximum Gasteiger partial charge on any atom is 0.185 e. The standard InChI is InChI=1S/C21H14ClN3O2/c22-17-7-3-15(4-8-17)20-14-23-24-25(20)18-9-5-16(6-10-18)21(26)12-11-19-2-1-13-27-19/h1-14H/b12-11+. The van der Waals surface area contributed by atoms with Crippen LogP contribution in [-0.2, 0) is 0 Å². The molecule has 0 aliphatic carbocycles. The van der Waals surface area contributed by atoms with Crippen LogP contribution in [0.4, 0.5) is 0 Å².